The van der Waals surface area contributed by atoms with E-state index in [9.17, 15) is 8.42 Å². The lowest BCUT2D eigenvalue weighted by Gasteiger charge is -2.14. The van der Waals surface area contributed by atoms with Gasteiger partial charge in [-0.3, -0.25) is 0 Å². The number of anilines is 2. The van der Waals surface area contributed by atoms with Crippen LogP contribution in [-0.4, -0.2) is 31.8 Å². The third-order valence-electron chi connectivity index (χ3n) is 2.93. The maximum absolute atomic E-state index is 12.1. The molecule has 114 valence electrons. The van der Waals surface area contributed by atoms with Gasteiger partial charge < -0.3 is 11.1 Å². The van der Waals surface area contributed by atoms with Crippen LogP contribution in [0.3, 0.4) is 0 Å². The summed E-state index contributed by atoms with van der Waals surface area (Å²) in [5, 5.41) is 4.15. The van der Waals surface area contributed by atoms with E-state index in [4.69, 9.17) is 5.73 Å². The Labute approximate surface area is 128 Å². The standard InChI is InChI=1S/C13H18N4O2S2/c1-9-15-7-10(20-9)8-16-13-6-11(4-5-12(13)14)21(18,19)17(2)3/h4-7,16H,8,14H2,1-3H3. The van der Waals surface area contributed by atoms with Gasteiger partial charge in [0, 0.05) is 25.2 Å². The van der Waals surface area contributed by atoms with Gasteiger partial charge in [0.05, 0.1) is 27.8 Å². The van der Waals surface area contributed by atoms with Crippen LogP contribution in [0.5, 0.6) is 0 Å². The summed E-state index contributed by atoms with van der Waals surface area (Å²) >= 11 is 1.59. The fourth-order valence-electron chi connectivity index (χ4n) is 1.73. The zero-order chi connectivity index (χ0) is 15.6. The molecule has 1 aromatic carbocycles. The van der Waals surface area contributed by atoms with Crippen molar-refractivity contribution in [2.24, 2.45) is 0 Å². The van der Waals surface area contributed by atoms with Crippen LogP contribution in [-0.2, 0) is 16.6 Å². The lowest BCUT2D eigenvalue weighted by Crippen LogP contribution is -2.22. The molecule has 0 unspecified atom stereocenters. The molecule has 0 bridgehead atoms. The maximum atomic E-state index is 12.1. The summed E-state index contributed by atoms with van der Waals surface area (Å²) in [5.74, 6) is 0. The van der Waals surface area contributed by atoms with Gasteiger partial charge in [0.2, 0.25) is 10.0 Å². The van der Waals surface area contributed by atoms with E-state index in [-0.39, 0.29) is 4.90 Å². The van der Waals surface area contributed by atoms with E-state index in [1.807, 2.05) is 6.92 Å². The monoisotopic (exact) mass is 326 g/mol. The molecule has 1 heterocycles. The Hall–Kier alpha value is -1.64. The number of nitrogen functional groups attached to an aromatic ring is 1. The zero-order valence-corrected chi connectivity index (χ0v) is 13.8. The summed E-state index contributed by atoms with van der Waals surface area (Å²) in [6.45, 7) is 2.49. The predicted octanol–water partition coefficient (Wildman–Crippen LogP) is 1.90. The first kappa shape index (κ1) is 15.7. The van der Waals surface area contributed by atoms with Gasteiger partial charge in [-0.2, -0.15) is 0 Å². The Morgan fingerprint density at radius 3 is 2.67 bits per heavy atom. The van der Waals surface area contributed by atoms with Crippen molar-refractivity contribution in [3.8, 4) is 0 Å². The van der Waals surface area contributed by atoms with Crippen LogP contribution in [0.25, 0.3) is 0 Å². The summed E-state index contributed by atoms with van der Waals surface area (Å²) in [4.78, 5) is 5.45. The lowest BCUT2D eigenvalue weighted by molar-refractivity contribution is 0.521. The second-order valence-corrected chi connectivity index (χ2v) is 8.21. The van der Waals surface area contributed by atoms with E-state index < -0.39 is 10.0 Å². The van der Waals surface area contributed by atoms with E-state index >= 15 is 0 Å². The normalized spacial score (nSPS) is 11.8. The van der Waals surface area contributed by atoms with Crippen molar-refractivity contribution in [3.05, 3.63) is 34.3 Å². The van der Waals surface area contributed by atoms with Crippen LogP contribution in [0.4, 0.5) is 11.4 Å². The molecule has 0 fully saturated rings. The Kier molecular flexibility index (Phi) is 4.50. The maximum Gasteiger partial charge on any atom is 0.242 e. The molecule has 21 heavy (non-hydrogen) atoms. The molecule has 0 aliphatic rings. The van der Waals surface area contributed by atoms with Crippen molar-refractivity contribution in [2.45, 2.75) is 18.4 Å². The highest BCUT2D eigenvalue weighted by Gasteiger charge is 2.18. The highest BCUT2D eigenvalue weighted by Crippen LogP contribution is 2.25. The predicted molar refractivity (Wildman–Crippen MR) is 85.9 cm³/mol. The van der Waals surface area contributed by atoms with Crippen molar-refractivity contribution in [1.82, 2.24) is 9.29 Å². The van der Waals surface area contributed by atoms with Crippen molar-refractivity contribution >= 4 is 32.7 Å². The molecular weight excluding hydrogens is 308 g/mol. The topological polar surface area (TPSA) is 88.3 Å². The van der Waals surface area contributed by atoms with Crippen LogP contribution >= 0.6 is 11.3 Å². The molecular formula is C13H18N4O2S2. The number of thiazole rings is 1. The highest BCUT2D eigenvalue weighted by atomic mass is 32.2. The van der Waals surface area contributed by atoms with Gasteiger partial charge in [0.15, 0.2) is 0 Å². The number of hydrogen-bond acceptors (Lipinski definition) is 6. The molecule has 8 heteroatoms. The smallest absolute Gasteiger partial charge is 0.242 e. The minimum Gasteiger partial charge on any atom is -0.397 e. The molecule has 0 amide bonds. The van der Waals surface area contributed by atoms with E-state index in [1.54, 1.807) is 29.7 Å². The van der Waals surface area contributed by atoms with Crippen LogP contribution in [0, 0.1) is 6.92 Å². The SMILES string of the molecule is Cc1ncc(CNc2cc(S(=O)(=O)N(C)C)ccc2N)s1. The molecule has 0 aliphatic carbocycles. The minimum absolute atomic E-state index is 0.213. The fourth-order valence-corrected chi connectivity index (χ4v) is 3.39. The van der Waals surface area contributed by atoms with Crippen LogP contribution in [0.1, 0.15) is 9.88 Å². The van der Waals surface area contributed by atoms with Crippen LogP contribution in [0.15, 0.2) is 29.3 Å². The first-order valence-corrected chi connectivity index (χ1v) is 8.53. The van der Waals surface area contributed by atoms with Crippen LogP contribution < -0.4 is 11.1 Å². The second kappa shape index (κ2) is 6.00. The van der Waals surface area contributed by atoms with E-state index in [1.165, 1.54) is 24.5 Å². The van der Waals surface area contributed by atoms with Gasteiger partial charge in [0.25, 0.3) is 0 Å². The summed E-state index contributed by atoms with van der Waals surface area (Å²) in [5.41, 5.74) is 7.00. The molecule has 2 aromatic rings. The molecule has 1 aromatic heterocycles. The number of nitrogens with zero attached hydrogens (tertiary/aromatic N) is 2. The first-order valence-electron chi connectivity index (χ1n) is 6.28. The average Bonchev–Trinajstić information content (AvgIpc) is 2.83. The van der Waals surface area contributed by atoms with Crippen LogP contribution in [0.2, 0.25) is 0 Å². The number of aromatic nitrogens is 1. The molecule has 0 spiro atoms. The van der Waals surface area contributed by atoms with Crippen molar-refractivity contribution < 1.29 is 8.42 Å². The molecule has 2 rings (SSSR count). The number of nitrogens with two attached hydrogens (primary N) is 1. The number of sulfonamides is 1. The lowest BCUT2D eigenvalue weighted by atomic mass is 10.2. The molecule has 0 saturated carbocycles. The largest absolute Gasteiger partial charge is 0.397 e. The van der Waals surface area contributed by atoms with Gasteiger partial charge in [-0.15, -0.1) is 11.3 Å². The Bertz CT molecular complexity index is 738. The zero-order valence-electron chi connectivity index (χ0n) is 12.1. The Balaban J connectivity index is 2.24. The summed E-state index contributed by atoms with van der Waals surface area (Å²) in [6.07, 6.45) is 1.80. The number of benzene rings is 1. The van der Waals surface area contributed by atoms with E-state index in [2.05, 4.69) is 10.3 Å². The van der Waals surface area contributed by atoms with Gasteiger partial charge >= 0.3 is 0 Å². The highest BCUT2D eigenvalue weighted by molar-refractivity contribution is 7.89. The quantitative estimate of drug-likeness (QED) is 0.819. The van der Waals surface area contributed by atoms with Gasteiger partial charge in [-0.25, -0.2) is 17.7 Å². The minimum atomic E-state index is -3.47. The summed E-state index contributed by atoms with van der Waals surface area (Å²) in [7, 11) is -0.469. The van der Waals surface area contributed by atoms with Crippen molar-refractivity contribution in [3.63, 3.8) is 0 Å². The third kappa shape index (κ3) is 3.52. The number of aryl methyl sites for hydroxylation is 1. The molecule has 3 N–H and O–H groups in total. The molecule has 0 aliphatic heterocycles. The average molecular weight is 326 g/mol. The third-order valence-corrected chi connectivity index (χ3v) is 5.65. The summed E-state index contributed by atoms with van der Waals surface area (Å²) < 4.78 is 25.4. The molecule has 0 saturated heterocycles. The van der Waals surface area contributed by atoms with Gasteiger partial charge in [-0.1, -0.05) is 0 Å². The number of rotatable bonds is 5. The number of hydrogen-bond donors (Lipinski definition) is 2. The Morgan fingerprint density at radius 1 is 1.38 bits per heavy atom. The first-order chi connectivity index (χ1) is 9.80. The summed E-state index contributed by atoms with van der Waals surface area (Å²) in [6, 6.07) is 4.65. The van der Waals surface area contributed by atoms with E-state index in [0.717, 1.165) is 9.88 Å². The number of nitrogens with one attached hydrogen (secondary N) is 1. The molecule has 0 radical (unpaired) electrons. The molecule has 0 atom stereocenters. The van der Waals surface area contributed by atoms with Gasteiger partial charge in [0.1, 0.15) is 0 Å². The second-order valence-electron chi connectivity index (χ2n) is 4.74. The fraction of sp³-hybridized carbons (Fsp3) is 0.308. The van der Waals surface area contributed by atoms with E-state index in [0.29, 0.717) is 17.9 Å². The van der Waals surface area contributed by atoms with Crippen molar-refractivity contribution in [1.29, 1.82) is 0 Å². The van der Waals surface area contributed by atoms with Crippen molar-refractivity contribution in [2.75, 3.05) is 25.1 Å². The molecule has 6 nitrogen and oxygen atoms in total. The Morgan fingerprint density at radius 2 is 2.10 bits per heavy atom. The van der Waals surface area contributed by atoms with Gasteiger partial charge in [-0.05, 0) is 25.1 Å².